The van der Waals surface area contributed by atoms with E-state index in [1.54, 1.807) is 0 Å². The van der Waals surface area contributed by atoms with Gasteiger partial charge in [0.05, 0.1) is 19.4 Å². The third-order valence-corrected chi connectivity index (χ3v) is 6.69. The van der Waals surface area contributed by atoms with Crippen molar-refractivity contribution in [3.8, 4) is 0 Å². The van der Waals surface area contributed by atoms with E-state index in [1.807, 2.05) is 67.4 Å². The zero-order chi connectivity index (χ0) is 23.0. The Bertz CT molecular complexity index is 1000. The first-order chi connectivity index (χ1) is 16.1. The van der Waals surface area contributed by atoms with Crippen molar-refractivity contribution in [3.63, 3.8) is 0 Å². The molecule has 8 heteroatoms. The molecule has 4 rings (SSSR count). The van der Waals surface area contributed by atoms with Gasteiger partial charge in [0.2, 0.25) is 0 Å². The van der Waals surface area contributed by atoms with Gasteiger partial charge in [-0.15, -0.1) is 0 Å². The molecular formula is C25H30N4O3S. The van der Waals surface area contributed by atoms with Crippen molar-refractivity contribution >= 4 is 35.5 Å². The van der Waals surface area contributed by atoms with Gasteiger partial charge in [-0.1, -0.05) is 18.2 Å². The van der Waals surface area contributed by atoms with Gasteiger partial charge >= 0.3 is 5.97 Å². The van der Waals surface area contributed by atoms with Crippen LogP contribution in [0.25, 0.3) is 0 Å². The summed E-state index contributed by atoms with van der Waals surface area (Å²) >= 11 is 1.96. The molecule has 2 heterocycles. The summed E-state index contributed by atoms with van der Waals surface area (Å²) in [4.78, 5) is 26.6. The molecule has 7 nitrogen and oxygen atoms in total. The van der Waals surface area contributed by atoms with E-state index in [2.05, 4.69) is 20.3 Å². The summed E-state index contributed by atoms with van der Waals surface area (Å²) in [5.74, 6) is 1.91. The van der Waals surface area contributed by atoms with Crippen LogP contribution in [-0.2, 0) is 22.5 Å². The van der Waals surface area contributed by atoms with E-state index in [4.69, 9.17) is 4.74 Å². The normalized spacial score (nSPS) is 16.5. The van der Waals surface area contributed by atoms with E-state index in [-0.39, 0.29) is 11.9 Å². The minimum absolute atomic E-state index is 0.133. The van der Waals surface area contributed by atoms with Gasteiger partial charge in [-0.2, -0.15) is 16.9 Å². The maximum absolute atomic E-state index is 12.7. The molecule has 0 aliphatic carbocycles. The van der Waals surface area contributed by atoms with Crippen molar-refractivity contribution < 1.29 is 14.3 Å². The van der Waals surface area contributed by atoms with E-state index in [9.17, 15) is 9.59 Å². The number of benzene rings is 2. The molecule has 0 unspecified atom stereocenters. The van der Waals surface area contributed by atoms with Gasteiger partial charge in [-0.05, 0) is 54.3 Å². The van der Waals surface area contributed by atoms with Gasteiger partial charge in [0, 0.05) is 48.9 Å². The zero-order valence-electron chi connectivity index (χ0n) is 19.0. The van der Waals surface area contributed by atoms with Crippen LogP contribution in [0.4, 0.5) is 5.69 Å². The molecule has 2 aliphatic heterocycles. The number of amides is 1. The highest BCUT2D eigenvalue weighted by molar-refractivity contribution is 7.99. The number of nitrogens with zero attached hydrogens (tertiary/aromatic N) is 3. The third-order valence-electron chi connectivity index (χ3n) is 5.74. The van der Waals surface area contributed by atoms with Crippen LogP contribution in [-0.4, -0.2) is 72.3 Å². The second-order valence-electron chi connectivity index (χ2n) is 8.14. The average molecular weight is 467 g/mol. The van der Waals surface area contributed by atoms with E-state index >= 15 is 0 Å². The lowest BCUT2D eigenvalue weighted by molar-refractivity contribution is -0.144. The number of rotatable bonds is 7. The van der Waals surface area contributed by atoms with Crippen molar-refractivity contribution in [2.24, 2.45) is 5.10 Å². The van der Waals surface area contributed by atoms with Gasteiger partial charge in [0.1, 0.15) is 0 Å². The molecule has 1 saturated heterocycles. The van der Waals surface area contributed by atoms with E-state index in [0.717, 1.165) is 48.8 Å². The number of thioether (sulfide) groups is 1. The van der Waals surface area contributed by atoms with Crippen molar-refractivity contribution in [1.29, 1.82) is 0 Å². The van der Waals surface area contributed by atoms with Crippen molar-refractivity contribution in [3.05, 3.63) is 64.7 Å². The van der Waals surface area contributed by atoms with Crippen LogP contribution < -0.4 is 5.32 Å². The SMILES string of the molecule is CCOC(=O)CN1CCc2cc(NC(=O)c3ccc(/C=N/N4CCSCC4)cc3)ccc2C1. The standard InChI is InChI=1S/C25H30N4O3S/c1-2-32-24(30)18-28-10-9-21-15-23(8-7-22(21)17-28)27-25(31)20-5-3-19(4-6-20)16-26-29-11-13-33-14-12-29/h3-8,15-16H,2,9-14,17-18H2,1H3,(H,27,31)/b26-16+. The lowest BCUT2D eigenvalue weighted by Gasteiger charge is -2.28. The maximum atomic E-state index is 12.7. The number of hydrogen-bond acceptors (Lipinski definition) is 7. The van der Waals surface area contributed by atoms with Crippen LogP contribution in [0.3, 0.4) is 0 Å². The molecule has 1 N–H and O–H groups in total. The van der Waals surface area contributed by atoms with Gasteiger partial charge in [-0.3, -0.25) is 19.5 Å². The predicted octanol–water partition coefficient (Wildman–Crippen LogP) is 3.24. The summed E-state index contributed by atoms with van der Waals surface area (Å²) < 4.78 is 5.05. The fourth-order valence-electron chi connectivity index (χ4n) is 3.95. The number of hydrogen-bond donors (Lipinski definition) is 1. The summed E-state index contributed by atoms with van der Waals surface area (Å²) in [6.07, 6.45) is 2.69. The van der Waals surface area contributed by atoms with Crippen LogP contribution in [0.1, 0.15) is 34.0 Å². The number of carbonyl (C=O) groups is 2. The summed E-state index contributed by atoms with van der Waals surface area (Å²) in [5.41, 5.74) is 4.76. The zero-order valence-corrected chi connectivity index (χ0v) is 19.8. The molecule has 33 heavy (non-hydrogen) atoms. The first kappa shape index (κ1) is 23.3. The second-order valence-corrected chi connectivity index (χ2v) is 9.36. The Labute approximate surface area is 199 Å². The molecule has 1 amide bonds. The molecule has 0 bridgehead atoms. The van der Waals surface area contributed by atoms with Gasteiger partial charge in [0.15, 0.2) is 0 Å². The maximum Gasteiger partial charge on any atom is 0.320 e. The Morgan fingerprint density at radius 1 is 1.09 bits per heavy atom. The highest BCUT2D eigenvalue weighted by Gasteiger charge is 2.19. The molecular weight excluding hydrogens is 436 g/mol. The Morgan fingerprint density at radius 2 is 1.88 bits per heavy atom. The third kappa shape index (κ3) is 6.58. The minimum atomic E-state index is -0.187. The Balaban J connectivity index is 1.32. The Hall–Kier alpha value is -2.84. The summed E-state index contributed by atoms with van der Waals surface area (Å²) in [6.45, 7) is 5.99. The van der Waals surface area contributed by atoms with E-state index in [1.165, 1.54) is 11.1 Å². The summed E-state index contributed by atoms with van der Waals surface area (Å²) in [7, 11) is 0. The molecule has 0 aromatic heterocycles. The number of hydrazone groups is 1. The van der Waals surface area contributed by atoms with Gasteiger partial charge in [-0.25, -0.2) is 0 Å². The lowest BCUT2D eigenvalue weighted by atomic mass is 9.99. The van der Waals surface area contributed by atoms with Crippen molar-refractivity contribution in [2.45, 2.75) is 19.9 Å². The van der Waals surface area contributed by atoms with Crippen LogP contribution in [0.15, 0.2) is 47.6 Å². The predicted molar refractivity (Wildman–Crippen MR) is 133 cm³/mol. The molecule has 0 saturated carbocycles. The number of anilines is 1. The van der Waals surface area contributed by atoms with Crippen molar-refractivity contribution in [2.75, 3.05) is 49.6 Å². The van der Waals surface area contributed by atoms with Gasteiger partial charge in [0.25, 0.3) is 5.91 Å². The van der Waals surface area contributed by atoms with Crippen molar-refractivity contribution in [1.82, 2.24) is 9.91 Å². The molecule has 1 fully saturated rings. The molecule has 2 aliphatic rings. The minimum Gasteiger partial charge on any atom is -0.465 e. The van der Waals surface area contributed by atoms with Crippen LogP contribution >= 0.6 is 11.8 Å². The van der Waals surface area contributed by atoms with Crippen LogP contribution in [0.2, 0.25) is 0 Å². The lowest BCUT2D eigenvalue weighted by Crippen LogP contribution is -2.35. The fraction of sp³-hybridized carbons (Fsp3) is 0.400. The average Bonchev–Trinajstić information content (AvgIpc) is 2.84. The second kappa shape index (κ2) is 11.3. The first-order valence-electron chi connectivity index (χ1n) is 11.4. The number of ether oxygens (including phenoxy) is 1. The Morgan fingerprint density at radius 3 is 2.64 bits per heavy atom. The number of nitrogens with one attached hydrogen (secondary N) is 1. The smallest absolute Gasteiger partial charge is 0.320 e. The van der Waals surface area contributed by atoms with Crippen LogP contribution in [0, 0.1) is 0 Å². The topological polar surface area (TPSA) is 74.2 Å². The van der Waals surface area contributed by atoms with E-state index < -0.39 is 0 Å². The Kier molecular flexibility index (Phi) is 8.01. The summed E-state index contributed by atoms with van der Waals surface area (Å²) in [5, 5.41) is 9.62. The number of carbonyl (C=O) groups excluding carboxylic acids is 2. The first-order valence-corrected chi connectivity index (χ1v) is 12.5. The molecule has 2 aromatic carbocycles. The highest BCUT2D eigenvalue weighted by atomic mass is 32.2. The summed E-state index contributed by atoms with van der Waals surface area (Å²) in [6, 6.07) is 13.5. The molecule has 0 spiro atoms. The largest absolute Gasteiger partial charge is 0.465 e. The molecule has 0 atom stereocenters. The highest BCUT2D eigenvalue weighted by Crippen LogP contribution is 2.23. The van der Waals surface area contributed by atoms with E-state index in [0.29, 0.717) is 25.3 Å². The van der Waals surface area contributed by atoms with Crippen LogP contribution in [0.5, 0.6) is 0 Å². The molecule has 0 radical (unpaired) electrons. The quantitative estimate of drug-likeness (QED) is 0.499. The number of esters is 1. The molecule has 2 aromatic rings. The van der Waals surface area contributed by atoms with Gasteiger partial charge < -0.3 is 10.1 Å². The monoisotopic (exact) mass is 466 g/mol. The fourth-order valence-corrected chi connectivity index (χ4v) is 4.84. The molecule has 174 valence electrons. The number of fused-ring (bicyclic) bond motifs is 1.